The molecule has 25 heavy (non-hydrogen) atoms. The second kappa shape index (κ2) is 18.7. The minimum atomic E-state index is -0.198. The number of alkyl halides is 1. The fourth-order valence-electron chi connectivity index (χ4n) is 3.15. The molecular weight excluding hydrogens is 376 g/mol. The Bertz CT molecular complexity index is 292. The summed E-state index contributed by atoms with van der Waals surface area (Å²) in [5.74, 6) is -0.145. The second-order valence-electron chi connectivity index (χ2n) is 7.60. The smallest absolute Gasteiger partial charge is 0.319 e. The summed E-state index contributed by atoms with van der Waals surface area (Å²) in [4.78, 5) is 11.2. The third-order valence-electron chi connectivity index (χ3n) is 4.86. The molecule has 0 fully saturated rings. The van der Waals surface area contributed by atoms with E-state index in [1.54, 1.807) is 0 Å². The first-order valence-corrected chi connectivity index (χ1v) is 11.8. The summed E-state index contributed by atoms with van der Waals surface area (Å²) in [6.07, 6.45) is 21.8. The first-order chi connectivity index (χ1) is 12.1. The molecule has 0 radical (unpaired) electrons. The summed E-state index contributed by atoms with van der Waals surface area (Å²) in [6.45, 7) is 6.09. The molecule has 3 heteroatoms. The maximum Gasteiger partial charge on any atom is 0.319 e. The van der Waals surface area contributed by atoms with Crippen molar-refractivity contribution < 1.29 is 9.53 Å². The van der Waals surface area contributed by atoms with E-state index in [-0.39, 0.29) is 16.9 Å². The normalized spacial score (nSPS) is 13.6. The zero-order chi connectivity index (χ0) is 18.8. The van der Waals surface area contributed by atoms with Gasteiger partial charge in [0.2, 0.25) is 0 Å². The van der Waals surface area contributed by atoms with Crippen molar-refractivity contribution in [3.8, 4) is 0 Å². The van der Waals surface area contributed by atoms with E-state index in [1.165, 1.54) is 96.3 Å². The third kappa shape index (κ3) is 18.5. The summed E-state index contributed by atoms with van der Waals surface area (Å²) >= 11 is 3.24. The van der Waals surface area contributed by atoms with Crippen LogP contribution in [0.2, 0.25) is 0 Å². The maximum absolute atomic E-state index is 11.4. The molecule has 0 saturated heterocycles. The van der Waals surface area contributed by atoms with E-state index in [0.29, 0.717) is 0 Å². The van der Waals surface area contributed by atoms with Crippen molar-refractivity contribution >= 4 is 21.9 Å². The molecular formula is C22H43BrO2. The van der Waals surface area contributed by atoms with Crippen LogP contribution >= 0.6 is 15.9 Å². The van der Waals surface area contributed by atoms with E-state index in [9.17, 15) is 4.79 Å². The standard InChI is InChI=1S/C22H43BrO2/c1-4-5-6-7-8-9-10-11-12-13-14-15-16-17-18-19-20(2)25-22(24)21(3)23/h20-21H,4-19H2,1-3H3. The topological polar surface area (TPSA) is 26.3 Å². The van der Waals surface area contributed by atoms with Crippen LogP contribution < -0.4 is 0 Å². The van der Waals surface area contributed by atoms with Crippen LogP contribution in [-0.4, -0.2) is 16.9 Å². The van der Waals surface area contributed by atoms with Crippen molar-refractivity contribution in [3.05, 3.63) is 0 Å². The third-order valence-corrected chi connectivity index (χ3v) is 5.23. The Morgan fingerprint density at radius 3 is 1.44 bits per heavy atom. The number of halogens is 1. The molecule has 0 aromatic heterocycles. The zero-order valence-electron chi connectivity index (χ0n) is 17.2. The van der Waals surface area contributed by atoms with Gasteiger partial charge >= 0.3 is 5.97 Å². The zero-order valence-corrected chi connectivity index (χ0v) is 18.7. The van der Waals surface area contributed by atoms with Gasteiger partial charge in [-0.05, 0) is 26.7 Å². The number of esters is 1. The molecule has 2 nitrogen and oxygen atoms in total. The quantitative estimate of drug-likeness (QED) is 0.128. The van der Waals surface area contributed by atoms with E-state index in [2.05, 4.69) is 22.9 Å². The van der Waals surface area contributed by atoms with Gasteiger partial charge in [0.1, 0.15) is 4.83 Å². The molecule has 0 saturated carbocycles. The molecule has 0 amide bonds. The fourth-order valence-corrected chi connectivity index (χ4v) is 3.26. The predicted octanol–water partition coefficient (Wildman–Crippen LogP) is 7.96. The molecule has 0 N–H and O–H groups in total. The van der Waals surface area contributed by atoms with Crippen LogP contribution in [0.1, 0.15) is 124 Å². The Kier molecular flexibility index (Phi) is 18.7. The van der Waals surface area contributed by atoms with Gasteiger partial charge in [0.05, 0.1) is 6.10 Å². The first-order valence-electron chi connectivity index (χ1n) is 10.9. The second-order valence-corrected chi connectivity index (χ2v) is 8.98. The van der Waals surface area contributed by atoms with E-state index < -0.39 is 0 Å². The van der Waals surface area contributed by atoms with E-state index in [1.807, 2.05) is 13.8 Å². The maximum atomic E-state index is 11.4. The van der Waals surface area contributed by atoms with Gasteiger partial charge < -0.3 is 4.74 Å². The number of rotatable bonds is 18. The first kappa shape index (κ1) is 24.9. The summed E-state index contributed by atoms with van der Waals surface area (Å²) in [6, 6.07) is 0. The van der Waals surface area contributed by atoms with Crippen molar-refractivity contribution in [3.63, 3.8) is 0 Å². The van der Waals surface area contributed by atoms with Crippen LogP contribution in [0.4, 0.5) is 0 Å². The molecule has 150 valence electrons. The van der Waals surface area contributed by atoms with Crippen molar-refractivity contribution in [1.29, 1.82) is 0 Å². The molecule has 0 aliphatic heterocycles. The number of hydrogen-bond donors (Lipinski definition) is 0. The molecule has 0 aliphatic rings. The highest BCUT2D eigenvalue weighted by Crippen LogP contribution is 2.15. The Hall–Kier alpha value is -0.0500. The van der Waals surface area contributed by atoms with Crippen LogP contribution in [0.3, 0.4) is 0 Å². The molecule has 0 spiro atoms. The molecule has 2 atom stereocenters. The summed E-state index contributed by atoms with van der Waals surface area (Å²) in [5, 5.41) is 0. The van der Waals surface area contributed by atoms with Gasteiger partial charge in [-0.2, -0.15) is 0 Å². The predicted molar refractivity (Wildman–Crippen MR) is 113 cm³/mol. The van der Waals surface area contributed by atoms with Crippen LogP contribution in [-0.2, 0) is 9.53 Å². The highest BCUT2D eigenvalue weighted by atomic mass is 79.9. The molecule has 0 heterocycles. The molecule has 0 bridgehead atoms. The van der Waals surface area contributed by atoms with Crippen LogP contribution in [0.15, 0.2) is 0 Å². The largest absolute Gasteiger partial charge is 0.462 e. The Labute approximate surface area is 166 Å². The minimum absolute atomic E-state index is 0.0504. The summed E-state index contributed by atoms with van der Waals surface area (Å²) < 4.78 is 5.35. The monoisotopic (exact) mass is 418 g/mol. The number of carbonyl (C=O) groups is 1. The molecule has 0 aliphatic carbocycles. The number of hydrogen-bond acceptors (Lipinski definition) is 2. The highest BCUT2D eigenvalue weighted by molar-refractivity contribution is 9.10. The molecule has 2 unspecified atom stereocenters. The van der Waals surface area contributed by atoms with Gasteiger partial charge in [0.15, 0.2) is 0 Å². The Morgan fingerprint density at radius 2 is 1.08 bits per heavy atom. The van der Waals surface area contributed by atoms with Gasteiger partial charge in [0.25, 0.3) is 0 Å². The van der Waals surface area contributed by atoms with E-state index in [0.717, 1.165) is 6.42 Å². The lowest BCUT2D eigenvalue weighted by Gasteiger charge is -2.14. The summed E-state index contributed by atoms with van der Waals surface area (Å²) in [5.41, 5.74) is 0. The number of carbonyl (C=O) groups excluding carboxylic acids is 1. The molecule has 0 aromatic carbocycles. The van der Waals surface area contributed by atoms with Crippen molar-refractivity contribution in [2.75, 3.05) is 0 Å². The Balaban J connectivity index is 3.17. The van der Waals surface area contributed by atoms with E-state index >= 15 is 0 Å². The molecule has 0 aromatic rings. The van der Waals surface area contributed by atoms with Crippen molar-refractivity contribution in [2.24, 2.45) is 0 Å². The highest BCUT2D eigenvalue weighted by Gasteiger charge is 2.13. The molecule has 0 rings (SSSR count). The van der Waals surface area contributed by atoms with Crippen molar-refractivity contribution in [1.82, 2.24) is 0 Å². The average molecular weight is 419 g/mol. The SMILES string of the molecule is CCCCCCCCCCCCCCCCCC(C)OC(=O)C(C)Br. The van der Waals surface area contributed by atoms with Crippen LogP contribution in [0.5, 0.6) is 0 Å². The lowest BCUT2D eigenvalue weighted by molar-refractivity contribution is -0.147. The lowest BCUT2D eigenvalue weighted by Crippen LogP contribution is -2.20. The van der Waals surface area contributed by atoms with Crippen LogP contribution in [0, 0.1) is 0 Å². The number of unbranched alkanes of at least 4 members (excludes halogenated alkanes) is 14. The fraction of sp³-hybridized carbons (Fsp3) is 0.955. The average Bonchev–Trinajstić information content (AvgIpc) is 2.58. The van der Waals surface area contributed by atoms with Gasteiger partial charge in [-0.3, -0.25) is 4.79 Å². The lowest BCUT2D eigenvalue weighted by atomic mass is 10.0. The van der Waals surface area contributed by atoms with Crippen molar-refractivity contribution in [2.45, 2.75) is 134 Å². The Morgan fingerprint density at radius 1 is 0.720 bits per heavy atom. The van der Waals surface area contributed by atoms with Crippen LogP contribution in [0.25, 0.3) is 0 Å². The van der Waals surface area contributed by atoms with Gasteiger partial charge in [-0.1, -0.05) is 113 Å². The van der Waals surface area contributed by atoms with Gasteiger partial charge in [-0.25, -0.2) is 0 Å². The van der Waals surface area contributed by atoms with E-state index in [4.69, 9.17) is 4.74 Å². The van der Waals surface area contributed by atoms with Gasteiger partial charge in [0, 0.05) is 0 Å². The summed E-state index contributed by atoms with van der Waals surface area (Å²) in [7, 11) is 0. The number of ether oxygens (including phenoxy) is 1. The van der Waals surface area contributed by atoms with Gasteiger partial charge in [-0.15, -0.1) is 0 Å². The minimum Gasteiger partial charge on any atom is -0.462 e.